The van der Waals surface area contributed by atoms with Gasteiger partial charge in [-0.2, -0.15) is 0 Å². The molecule has 1 aliphatic heterocycles. The van der Waals surface area contributed by atoms with Crippen LogP contribution in [0.25, 0.3) is 0 Å². The minimum atomic E-state index is 0.312. The van der Waals surface area contributed by atoms with Crippen molar-refractivity contribution in [3.63, 3.8) is 0 Å². The van der Waals surface area contributed by atoms with E-state index in [1.807, 2.05) is 0 Å². The fourth-order valence-electron chi connectivity index (χ4n) is 2.41. The first-order valence-electron chi connectivity index (χ1n) is 5.89. The standard InChI is InChI=1S/C11H24N2O/c1-3-10(4-2)11(9-14)13-7-5-12-6-8-13/h10-12,14H,3-9H2,1-2H3. The van der Waals surface area contributed by atoms with Crippen molar-refractivity contribution in [2.45, 2.75) is 32.7 Å². The van der Waals surface area contributed by atoms with Crippen molar-refractivity contribution < 1.29 is 5.11 Å². The fraction of sp³-hybridized carbons (Fsp3) is 1.00. The third-order valence-electron chi connectivity index (χ3n) is 3.40. The van der Waals surface area contributed by atoms with E-state index in [0.717, 1.165) is 26.2 Å². The number of hydrogen-bond donors (Lipinski definition) is 2. The molecule has 0 saturated carbocycles. The Bertz CT molecular complexity index is 142. The average molecular weight is 200 g/mol. The van der Waals surface area contributed by atoms with Gasteiger partial charge in [-0.25, -0.2) is 0 Å². The van der Waals surface area contributed by atoms with Gasteiger partial charge in [-0.1, -0.05) is 26.7 Å². The molecule has 3 heteroatoms. The van der Waals surface area contributed by atoms with E-state index in [-0.39, 0.29) is 0 Å². The summed E-state index contributed by atoms with van der Waals surface area (Å²) in [5.41, 5.74) is 0. The predicted octanol–water partition coefficient (Wildman–Crippen LogP) is 0.689. The molecule has 0 aromatic rings. The largest absolute Gasteiger partial charge is 0.395 e. The fourth-order valence-corrected chi connectivity index (χ4v) is 2.41. The normalized spacial score (nSPS) is 21.4. The first-order chi connectivity index (χ1) is 6.83. The smallest absolute Gasteiger partial charge is 0.0589 e. The highest BCUT2D eigenvalue weighted by molar-refractivity contribution is 4.80. The van der Waals surface area contributed by atoms with Gasteiger partial charge in [-0.15, -0.1) is 0 Å². The summed E-state index contributed by atoms with van der Waals surface area (Å²) < 4.78 is 0. The molecule has 84 valence electrons. The topological polar surface area (TPSA) is 35.5 Å². The summed E-state index contributed by atoms with van der Waals surface area (Å²) in [5, 5.41) is 12.8. The van der Waals surface area contributed by atoms with Crippen molar-refractivity contribution in [3.8, 4) is 0 Å². The van der Waals surface area contributed by atoms with Crippen molar-refractivity contribution in [1.82, 2.24) is 10.2 Å². The Morgan fingerprint density at radius 3 is 2.21 bits per heavy atom. The molecule has 0 aromatic carbocycles. The van der Waals surface area contributed by atoms with Gasteiger partial charge >= 0.3 is 0 Å². The van der Waals surface area contributed by atoms with E-state index in [9.17, 15) is 5.11 Å². The summed E-state index contributed by atoms with van der Waals surface area (Å²) >= 11 is 0. The van der Waals surface area contributed by atoms with Crippen LogP contribution in [0.15, 0.2) is 0 Å². The number of rotatable bonds is 5. The summed E-state index contributed by atoms with van der Waals surface area (Å²) in [7, 11) is 0. The monoisotopic (exact) mass is 200 g/mol. The van der Waals surface area contributed by atoms with Crippen LogP contribution in [0.2, 0.25) is 0 Å². The van der Waals surface area contributed by atoms with E-state index >= 15 is 0 Å². The molecule has 14 heavy (non-hydrogen) atoms. The first kappa shape index (κ1) is 12.0. The highest BCUT2D eigenvalue weighted by Crippen LogP contribution is 2.18. The molecule has 0 aromatic heterocycles. The summed E-state index contributed by atoms with van der Waals surface area (Å²) in [6.07, 6.45) is 2.34. The maximum absolute atomic E-state index is 9.45. The van der Waals surface area contributed by atoms with Crippen molar-refractivity contribution in [2.24, 2.45) is 5.92 Å². The lowest BCUT2D eigenvalue weighted by Crippen LogP contribution is -2.52. The summed E-state index contributed by atoms with van der Waals surface area (Å²) in [4.78, 5) is 2.44. The minimum absolute atomic E-state index is 0.312. The number of aliphatic hydroxyl groups excluding tert-OH is 1. The number of aliphatic hydroxyl groups is 1. The van der Waals surface area contributed by atoms with Gasteiger partial charge in [0, 0.05) is 32.2 Å². The van der Waals surface area contributed by atoms with Gasteiger partial charge in [0.1, 0.15) is 0 Å². The Kier molecular flexibility index (Phi) is 5.45. The molecule has 1 unspecified atom stereocenters. The zero-order chi connectivity index (χ0) is 10.4. The quantitative estimate of drug-likeness (QED) is 0.685. The van der Waals surface area contributed by atoms with E-state index < -0.39 is 0 Å². The van der Waals surface area contributed by atoms with Crippen molar-refractivity contribution in [1.29, 1.82) is 0 Å². The average Bonchev–Trinajstić information content (AvgIpc) is 2.27. The van der Waals surface area contributed by atoms with Gasteiger partial charge in [0.25, 0.3) is 0 Å². The van der Waals surface area contributed by atoms with Crippen LogP contribution in [0.1, 0.15) is 26.7 Å². The van der Waals surface area contributed by atoms with Crippen molar-refractivity contribution in [3.05, 3.63) is 0 Å². The predicted molar refractivity (Wildman–Crippen MR) is 59.4 cm³/mol. The van der Waals surface area contributed by atoms with E-state index in [1.54, 1.807) is 0 Å². The lowest BCUT2D eigenvalue weighted by molar-refractivity contribution is 0.0668. The molecule has 1 aliphatic rings. The van der Waals surface area contributed by atoms with Gasteiger partial charge in [0.2, 0.25) is 0 Å². The Hall–Kier alpha value is -0.120. The number of hydrogen-bond acceptors (Lipinski definition) is 3. The van der Waals surface area contributed by atoms with Crippen LogP contribution in [0, 0.1) is 5.92 Å². The summed E-state index contributed by atoms with van der Waals surface area (Å²) in [6.45, 7) is 9.06. The lowest BCUT2D eigenvalue weighted by atomic mass is 9.93. The van der Waals surface area contributed by atoms with E-state index in [4.69, 9.17) is 0 Å². The van der Waals surface area contributed by atoms with Gasteiger partial charge in [-0.3, -0.25) is 4.90 Å². The Morgan fingerprint density at radius 2 is 1.79 bits per heavy atom. The molecule has 0 bridgehead atoms. The van der Waals surface area contributed by atoms with Crippen LogP contribution < -0.4 is 5.32 Å². The van der Waals surface area contributed by atoms with Crippen LogP contribution in [0.5, 0.6) is 0 Å². The van der Waals surface area contributed by atoms with Crippen LogP contribution in [0.3, 0.4) is 0 Å². The second kappa shape index (κ2) is 6.38. The molecular weight excluding hydrogens is 176 g/mol. The molecular formula is C11H24N2O. The van der Waals surface area contributed by atoms with Crippen LogP contribution in [-0.4, -0.2) is 48.8 Å². The molecule has 1 rings (SSSR count). The maximum Gasteiger partial charge on any atom is 0.0589 e. The molecule has 0 amide bonds. The highest BCUT2D eigenvalue weighted by Gasteiger charge is 2.25. The highest BCUT2D eigenvalue weighted by atomic mass is 16.3. The van der Waals surface area contributed by atoms with E-state index in [2.05, 4.69) is 24.1 Å². The zero-order valence-corrected chi connectivity index (χ0v) is 9.50. The van der Waals surface area contributed by atoms with Crippen LogP contribution in [0.4, 0.5) is 0 Å². The maximum atomic E-state index is 9.45. The van der Waals surface area contributed by atoms with Crippen LogP contribution in [-0.2, 0) is 0 Å². The third-order valence-corrected chi connectivity index (χ3v) is 3.40. The van der Waals surface area contributed by atoms with Crippen molar-refractivity contribution >= 4 is 0 Å². The Morgan fingerprint density at radius 1 is 1.21 bits per heavy atom. The second-order valence-corrected chi connectivity index (χ2v) is 4.11. The van der Waals surface area contributed by atoms with E-state index in [1.165, 1.54) is 12.8 Å². The molecule has 3 nitrogen and oxygen atoms in total. The number of nitrogens with zero attached hydrogens (tertiary/aromatic N) is 1. The molecule has 2 N–H and O–H groups in total. The molecule has 1 heterocycles. The zero-order valence-electron chi connectivity index (χ0n) is 9.50. The van der Waals surface area contributed by atoms with Gasteiger partial charge < -0.3 is 10.4 Å². The first-order valence-corrected chi connectivity index (χ1v) is 5.89. The minimum Gasteiger partial charge on any atom is -0.395 e. The lowest BCUT2D eigenvalue weighted by Gasteiger charge is -2.38. The molecule has 1 saturated heterocycles. The summed E-state index contributed by atoms with van der Waals surface area (Å²) in [5.74, 6) is 0.651. The third kappa shape index (κ3) is 2.94. The molecule has 0 radical (unpaired) electrons. The number of piperazine rings is 1. The van der Waals surface area contributed by atoms with Crippen molar-refractivity contribution in [2.75, 3.05) is 32.8 Å². The second-order valence-electron chi connectivity index (χ2n) is 4.11. The van der Waals surface area contributed by atoms with Gasteiger partial charge in [-0.05, 0) is 5.92 Å². The van der Waals surface area contributed by atoms with Gasteiger partial charge in [0.15, 0.2) is 0 Å². The molecule has 0 spiro atoms. The summed E-state index contributed by atoms with van der Waals surface area (Å²) in [6, 6.07) is 0.382. The SMILES string of the molecule is CCC(CC)C(CO)N1CCNCC1. The number of nitrogens with one attached hydrogen (secondary N) is 1. The molecule has 0 aliphatic carbocycles. The molecule has 1 atom stereocenters. The van der Waals surface area contributed by atoms with E-state index in [0.29, 0.717) is 18.6 Å². The molecule has 1 fully saturated rings. The Labute approximate surface area is 87.5 Å². The van der Waals surface area contributed by atoms with Gasteiger partial charge in [0.05, 0.1) is 6.61 Å². The Balaban J connectivity index is 2.49. The van der Waals surface area contributed by atoms with Crippen LogP contribution >= 0.6 is 0 Å².